The highest BCUT2D eigenvalue weighted by atomic mass is 19.1. The predicted molar refractivity (Wildman–Crippen MR) is 66.6 cm³/mol. The lowest BCUT2D eigenvalue weighted by molar-refractivity contribution is 0.497. The van der Waals surface area contributed by atoms with Crippen molar-refractivity contribution in [1.29, 1.82) is 0 Å². The van der Waals surface area contributed by atoms with Gasteiger partial charge in [0.2, 0.25) is 0 Å². The molecule has 0 fully saturated rings. The van der Waals surface area contributed by atoms with Gasteiger partial charge in [-0.3, -0.25) is 0 Å². The molecule has 90 valence electrons. The monoisotopic (exact) mass is 233 g/mol. The van der Waals surface area contributed by atoms with E-state index in [1.54, 1.807) is 12.3 Å². The molecule has 0 spiro atoms. The zero-order valence-electron chi connectivity index (χ0n) is 10.0. The van der Waals surface area contributed by atoms with Crippen LogP contribution in [0.4, 0.5) is 10.1 Å². The highest BCUT2D eigenvalue weighted by Crippen LogP contribution is 2.20. The number of nitrogens with one attached hydrogen (secondary N) is 1. The molecule has 1 atom stereocenters. The maximum Gasteiger partial charge on any atom is 0.146 e. The van der Waals surface area contributed by atoms with Crippen LogP contribution in [0.15, 0.2) is 41.0 Å². The third-order valence-electron chi connectivity index (χ3n) is 2.70. The Morgan fingerprint density at radius 1 is 1.29 bits per heavy atom. The van der Waals surface area contributed by atoms with E-state index in [1.807, 2.05) is 32.0 Å². The highest BCUT2D eigenvalue weighted by Gasteiger charge is 2.10. The van der Waals surface area contributed by atoms with Crippen molar-refractivity contribution in [2.24, 2.45) is 0 Å². The summed E-state index contributed by atoms with van der Waals surface area (Å²) >= 11 is 0. The number of halogens is 1. The van der Waals surface area contributed by atoms with Gasteiger partial charge in [0.25, 0.3) is 0 Å². The summed E-state index contributed by atoms with van der Waals surface area (Å²) < 4.78 is 18.9. The lowest BCUT2D eigenvalue weighted by Gasteiger charge is -2.16. The van der Waals surface area contributed by atoms with Crippen LogP contribution in [0.5, 0.6) is 0 Å². The van der Waals surface area contributed by atoms with Crippen LogP contribution in [0.3, 0.4) is 0 Å². The molecule has 17 heavy (non-hydrogen) atoms. The number of rotatable bonds is 4. The maximum atomic E-state index is 13.6. The van der Waals surface area contributed by atoms with Crippen molar-refractivity contribution < 1.29 is 8.81 Å². The van der Waals surface area contributed by atoms with E-state index in [1.165, 1.54) is 6.07 Å². The summed E-state index contributed by atoms with van der Waals surface area (Å²) in [6.07, 6.45) is 2.39. The largest absolute Gasteiger partial charge is 0.469 e. The second-order valence-corrected chi connectivity index (χ2v) is 4.26. The molecular formula is C14H16FNO. The number of aryl methyl sites for hydroxylation is 1. The molecule has 3 heteroatoms. The van der Waals surface area contributed by atoms with Crippen LogP contribution in [0.1, 0.15) is 18.2 Å². The summed E-state index contributed by atoms with van der Waals surface area (Å²) in [5, 5.41) is 3.18. The Hall–Kier alpha value is -1.77. The van der Waals surface area contributed by atoms with Crippen molar-refractivity contribution in [2.45, 2.75) is 26.3 Å². The lowest BCUT2D eigenvalue weighted by Crippen LogP contribution is -2.19. The quantitative estimate of drug-likeness (QED) is 0.869. The molecule has 1 N–H and O–H groups in total. The van der Waals surface area contributed by atoms with E-state index in [4.69, 9.17) is 4.42 Å². The molecule has 0 saturated carbocycles. The number of benzene rings is 1. The second-order valence-electron chi connectivity index (χ2n) is 4.26. The van der Waals surface area contributed by atoms with Crippen molar-refractivity contribution in [3.05, 3.63) is 53.7 Å². The summed E-state index contributed by atoms with van der Waals surface area (Å²) in [4.78, 5) is 0. The molecule has 0 bridgehead atoms. The Kier molecular flexibility index (Phi) is 3.47. The molecule has 2 rings (SSSR count). The molecule has 0 aliphatic rings. The van der Waals surface area contributed by atoms with Gasteiger partial charge in [-0.2, -0.15) is 0 Å². The minimum absolute atomic E-state index is 0.122. The van der Waals surface area contributed by atoms with E-state index < -0.39 is 0 Å². The van der Waals surface area contributed by atoms with Crippen molar-refractivity contribution >= 4 is 5.69 Å². The zero-order chi connectivity index (χ0) is 12.3. The SMILES string of the molecule is Cc1cccc(F)c1NC(C)Cc1ccco1. The highest BCUT2D eigenvalue weighted by molar-refractivity contribution is 5.52. The summed E-state index contributed by atoms with van der Waals surface area (Å²) in [5.74, 6) is 0.690. The van der Waals surface area contributed by atoms with Gasteiger partial charge >= 0.3 is 0 Å². The molecule has 1 aromatic heterocycles. The van der Waals surface area contributed by atoms with Gasteiger partial charge in [-0.25, -0.2) is 4.39 Å². The Labute approximate surface area is 100 Å². The Bertz CT molecular complexity index is 459. The molecule has 1 aromatic carbocycles. The first-order valence-corrected chi connectivity index (χ1v) is 5.71. The van der Waals surface area contributed by atoms with Crippen molar-refractivity contribution in [3.63, 3.8) is 0 Å². The van der Waals surface area contributed by atoms with Gasteiger partial charge in [0.05, 0.1) is 12.0 Å². The Morgan fingerprint density at radius 2 is 2.12 bits per heavy atom. The van der Waals surface area contributed by atoms with Gasteiger partial charge in [-0.1, -0.05) is 12.1 Å². The molecule has 1 heterocycles. The molecular weight excluding hydrogens is 217 g/mol. The first kappa shape index (κ1) is 11.7. The van der Waals surface area contributed by atoms with Gasteiger partial charge in [0.1, 0.15) is 11.6 Å². The molecule has 0 saturated heterocycles. The van der Waals surface area contributed by atoms with E-state index in [2.05, 4.69) is 5.32 Å². The van der Waals surface area contributed by atoms with Crippen molar-refractivity contribution in [1.82, 2.24) is 0 Å². The van der Waals surface area contributed by atoms with Crippen LogP contribution in [-0.2, 0) is 6.42 Å². The average molecular weight is 233 g/mol. The van der Waals surface area contributed by atoms with Gasteiger partial charge in [0, 0.05) is 12.5 Å². The van der Waals surface area contributed by atoms with Crippen LogP contribution in [0.2, 0.25) is 0 Å². The Balaban J connectivity index is 2.05. The van der Waals surface area contributed by atoms with Crippen molar-refractivity contribution in [3.8, 4) is 0 Å². The topological polar surface area (TPSA) is 25.2 Å². The zero-order valence-corrected chi connectivity index (χ0v) is 10.0. The number of hydrogen-bond donors (Lipinski definition) is 1. The fourth-order valence-electron chi connectivity index (χ4n) is 1.84. The molecule has 2 aromatic rings. The van der Waals surface area contributed by atoms with Crippen LogP contribution in [0.25, 0.3) is 0 Å². The van der Waals surface area contributed by atoms with Crippen LogP contribution >= 0.6 is 0 Å². The minimum Gasteiger partial charge on any atom is -0.469 e. The third-order valence-corrected chi connectivity index (χ3v) is 2.70. The average Bonchev–Trinajstić information content (AvgIpc) is 2.76. The van der Waals surface area contributed by atoms with Gasteiger partial charge in [-0.05, 0) is 37.6 Å². The van der Waals surface area contributed by atoms with Gasteiger partial charge in [-0.15, -0.1) is 0 Å². The minimum atomic E-state index is -0.212. The van der Waals surface area contributed by atoms with Crippen molar-refractivity contribution in [2.75, 3.05) is 5.32 Å². The lowest BCUT2D eigenvalue weighted by atomic mass is 10.1. The summed E-state index contributed by atoms with van der Waals surface area (Å²) in [6.45, 7) is 3.90. The summed E-state index contributed by atoms with van der Waals surface area (Å²) in [7, 11) is 0. The van der Waals surface area contributed by atoms with Crippen LogP contribution in [0, 0.1) is 12.7 Å². The summed E-state index contributed by atoms with van der Waals surface area (Å²) in [5.41, 5.74) is 1.49. The maximum absolute atomic E-state index is 13.6. The Morgan fingerprint density at radius 3 is 2.76 bits per heavy atom. The molecule has 0 aliphatic carbocycles. The van der Waals surface area contributed by atoms with E-state index in [9.17, 15) is 4.39 Å². The first-order chi connectivity index (χ1) is 8.16. The van der Waals surface area contributed by atoms with E-state index in [0.717, 1.165) is 17.7 Å². The van der Waals surface area contributed by atoms with Gasteiger partial charge < -0.3 is 9.73 Å². The first-order valence-electron chi connectivity index (χ1n) is 5.71. The standard InChI is InChI=1S/C14H16FNO/c1-10-5-3-7-13(15)14(10)16-11(2)9-12-6-4-8-17-12/h3-8,11,16H,9H2,1-2H3. The molecule has 0 radical (unpaired) electrons. The van der Waals surface area contributed by atoms with E-state index >= 15 is 0 Å². The molecule has 1 unspecified atom stereocenters. The third kappa shape index (κ3) is 2.87. The fraction of sp³-hybridized carbons (Fsp3) is 0.286. The van der Waals surface area contributed by atoms with Crippen LogP contribution < -0.4 is 5.32 Å². The smallest absolute Gasteiger partial charge is 0.146 e. The predicted octanol–water partition coefficient (Wildman–Crippen LogP) is 3.77. The van der Waals surface area contributed by atoms with E-state index in [0.29, 0.717) is 5.69 Å². The molecule has 0 aliphatic heterocycles. The number of anilines is 1. The normalized spacial score (nSPS) is 12.4. The van der Waals surface area contributed by atoms with Crippen LogP contribution in [-0.4, -0.2) is 6.04 Å². The molecule has 2 nitrogen and oxygen atoms in total. The molecule has 0 amide bonds. The van der Waals surface area contributed by atoms with E-state index in [-0.39, 0.29) is 11.9 Å². The second kappa shape index (κ2) is 5.04. The number of para-hydroxylation sites is 1. The fourth-order valence-corrected chi connectivity index (χ4v) is 1.84. The summed E-state index contributed by atoms with van der Waals surface area (Å²) in [6, 6.07) is 8.98. The number of hydrogen-bond acceptors (Lipinski definition) is 2. The van der Waals surface area contributed by atoms with Gasteiger partial charge in [0.15, 0.2) is 0 Å². The number of furan rings is 1.